The second-order valence-electron chi connectivity index (χ2n) is 3.35. The van der Waals surface area contributed by atoms with Crippen molar-refractivity contribution in [2.45, 2.75) is 13.5 Å². The third-order valence-electron chi connectivity index (χ3n) is 2.07. The van der Waals surface area contributed by atoms with Gasteiger partial charge in [-0.05, 0) is 19.1 Å². The lowest BCUT2D eigenvalue weighted by Crippen LogP contribution is -2.04. The predicted octanol–water partition coefficient (Wildman–Crippen LogP) is 1.60. The lowest BCUT2D eigenvalue weighted by atomic mass is 10.4. The number of nitrogens with zero attached hydrogens (tertiary/aromatic N) is 3. The highest BCUT2D eigenvalue weighted by atomic mass is 15.0. The molecule has 0 saturated carbocycles. The molecule has 0 radical (unpaired) electrons. The van der Waals surface area contributed by atoms with Gasteiger partial charge in [0.05, 0.1) is 6.54 Å². The van der Waals surface area contributed by atoms with Crippen LogP contribution >= 0.6 is 0 Å². The molecule has 0 spiro atoms. The molecule has 2 heterocycles. The molecular weight excluding hydrogens is 202 g/mol. The fourth-order valence-electron chi connectivity index (χ4n) is 1.38. The lowest BCUT2D eigenvalue weighted by molar-refractivity contribution is 0.995. The summed E-state index contributed by atoms with van der Waals surface area (Å²) >= 11 is 0. The standard InChI is InChI=1S/C11H11N5/c1-8-15-10(6-12)5-11(16-8)14-7-9-3-2-4-13-9/h2-5,13H,7H2,1H3,(H,14,15,16). The first-order valence-electron chi connectivity index (χ1n) is 4.90. The maximum Gasteiger partial charge on any atom is 0.146 e. The number of aryl methyl sites for hydroxylation is 1. The van der Waals surface area contributed by atoms with Crippen LogP contribution in [0, 0.1) is 18.3 Å². The maximum atomic E-state index is 8.76. The van der Waals surface area contributed by atoms with Crippen molar-refractivity contribution in [3.63, 3.8) is 0 Å². The molecule has 2 aromatic heterocycles. The number of aromatic amines is 1. The van der Waals surface area contributed by atoms with E-state index in [4.69, 9.17) is 5.26 Å². The average molecular weight is 213 g/mol. The van der Waals surface area contributed by atoms with Crippen LogP contribution in [0.5, 0.6) is 0 Å². The Morgan fingerprint density at radius 2 is 2.38 bits per heavy atom. The molecule has 2 rings (SSSR count). The van der Waals surface area contributed by atoms with Crippen molar-refractivity contribution >= 4 is 5.82 Å². The molecule has 0 saturated heterocycles. The van der Waals surface area contributed by atoms with Gasteiger partial charge >= 0.3 is 0 Å². The predicted molar refractivity (Wildman–Crippen MR) is 59.6 cm³/mol. The summed E-state index contributed by atoms with van der Waals surface area (Å²) < 4.78 is 0. The third-order valence-corrected chi connectivity index (χ3v) is 2.07. The Labute approximate surface area is 93.2 Å². The van der Waals surface area contributed by atoms with Gasteiger partial charge in [0.25, 0.3) is 0 Å². The van der Waals surface area contributed by atoms with E-state index >= 15 is 0 Å². The SMILES string of the molecule is Cc1nc(C#N)cc(NCc2ccc[nH]2)n1. The van der Waals surface area contributed by atoms with Crippen molar-refractivity contribution in [2.75, 3.05) is 5.32 Å². The summed E-state index contributed by atoms with van der Waals surface area (Å²) in [7, 11) is 0. The van der Waals surface area contributed by atoms with Crippen LogP contribution in [0.1, 0.15) is 17.2 Å². The van der Waals surface area contributed by atoms with E-state index < -0.39 is 0 Å². The summed E-state index contributed by atoms with van der Waals surface area (Å²) in [6.45, 7) is 2.41. The molecule has 0 amide bonds. The molecule has 0 atom stereocenters. The zero-order chi connectivity index (χ0) is 11.4. The summed E-state index contributed by atoms with van der Waals surface area (Å²) in [5, 5.41) is 11.9. The first-order valence-corrected chi connectivity index (χ1v) is 4.90. The van der Waals surface area contributed by atoms with Gasteiger partial charge in [0.2, 0.25) is 0 Å². The van der Waals surface area contributed by atoms with E-state index in [1.54, 1.807) is 13.0 Å². The minimum Gasteiger partial charge on any atom is -0.364 e. The second-order valence-corrected chi connectivity index (χ2v) is 3.35. The van der Waals surface area contributed by atoms with Crippen molar-refractivity contribution in [1.29, 1.82) is 5.26 Å². The highest BCUT2D eigenvalue weighted by Gasteiger charge is 2.01. The summed E-state index contributed by atoms with van der Waals surface area (Å²) in [5.41, 5.74) is 1.44. The summed E-state index contributed by atoms with van der Waals surface area (Å²) in [6, 6.07) is 7.55. The highest BCUT2D eigenvalue weighted by Crippen LogP contribution is 2.07. The Morgan fingerprint density at radius 3 is 3.06 bits per heavy atom. The van der Waals surface area contributed by atoms with Crippen molar-refractivity contribution in [1.82, 2.24) is 15.0 Å². The third kappa shape index (κ3) is 2.36. The summed E-state index contributed by atoms with van der Waals surface area (Å²) in [5.74, 6) is 1.26. The van der Waals surface area contributed by atoms with Crippen LogP contribution in [0.25, 0.3) is 0 Å². The highest BCUT2D eigenvalue weighted by molar-refractivity contribution is 5.40. The fourth-order valence-corrected chi connectivity index (χ4v) is 1.38. The molecule has 2 N–H and O–H groups in total. The van der Waals surface area contributed by atoms with Crippen molar-refractivity contribution in [3.8, 4) is 6.07 Å². The van der Waals surface area contributed by atoms with E-state index in [1.807, 2.05) is 24.4 Å². The number of hydrogen-bond acceptors (Lipinski definition) is 4. The van der Waals surface area contributed by atoms with Gasteiger partial charge in [-0.25, -0.2) is 9.97 Å². The van der Waals surface area contributed by atoms with E-state index in [9.17, 15) is 0 Å². The molecule has 5 heteroatoms. The van der Waals surface area contributed by atoms with Crippen LogP contribution in [0.15, 0.2) is 24.4 Å². The second kappa shape index (κ2) is 4.45. The Morgan fingerprint density at radius 1 is 1.50 bits per heavy atom. The molecule has 0 aliphatic carbocycles. The molecule has 0 unspecified atom stereocenters. The summed E-state index contributed by atoms with van der Waals surface area (Å²) in [6.07, 6.45) is 1.86. The molecular formula is C11H11N5. The topological polar surface area (TPSA) is 77.4 Å². The van der Waals surface area contributed by atoms with E-state index in [0.29, 0.717) is 23.9 Å². The first-order chi connectivity index (χ1) is 7.78. The van der Waals surface area contributed by atoms with Gasteiger partial charge in [-0.1, -0.05) is 0 Å². The van der Waals surface area contributed by atoms with E-state index in [0.717, 1.165) is 5.69 Å². The minimum atomic E-state index is 0.376. The quantitative estimate of drug-likeness (QED) is 0.811. The Hall–Kier alpha value is -2.35. The van der Waals surface area contributed by atoms with Crippen LogP contribution in [-0.4, -0.2) is 15.0 Å². The molecule has 0 bridgehead atoms. The molecule has 0 aliphatic rings. The Bertz CT molecular complexity index is 510. The smallest absolute Gasteiger partial charge is 0.146 e. The monoisotopic (exact) mass is 213 g/mol. The van der Waals surface area contributed by atoms with Crippen LogP contribution in [-0.2, 0) is 6.54 Å². The number of aromatic nitrogens is 3. The molecule has 0 aliphatic heterocycles. The van der Waals surface area contributed by atoms with Gasteiger partial charge in [0, 0.05) is 18.0 Å². The van der Waals surface area contributed by atoms with Crippen LogP contribution < -0.4 is 5.32 Å². The molecule has 0 fully saturated rings. The molecule has 16 heavy (non-hydrogen) atoms. The van der Waals surface area contributed by atoms with Gasteiger partial charge in [-0.3, -0.25) is 0 Å². The first kappa shape index (κ1) is 10.2. The minimum absolute atomic E-state index is 0.376. The zero-order valence-electron chi connectivity index (χ0n) is 8.86. The van der Waals surface area contributed by atoms with Gasteiger partial charge in [0.1, 0.15) is 23.4 Å². The van der Waals surface area contributed by atoms with Crippen molar-refractivity contribution in [2.24, 2.45) is 0 Å². The Kier molecular flexibility index (Phi) is 2.83. The average Bonchev–Trinajstić information content (AvgIpc) is 2.78. The molecule has 5 nitrogen and oxygen atoms in total. The molecule has 80 valence electrons. The number of rotatable bonds is 3. The largest absolute Gasteiger partial charge is 0.364 e. The van der Waals surface area contributed by atoms with Gasteiger partial charge in [0.15, 0.2) is 0 Å². The number of anilines is 1. The van der Waals surface area contributed by atoms with E-state index in [2.05, 4.69) is 20.3 Å². The summed E-state index contributed by atoms with van der Waals surface area (Å²) in [4.78, 5) is 11.3. The lowest BCUT2D eigenvalue weighted by Gasteiger charge is -2.04. The Balaban J connectivity index is 2.10. The van der Waals surface area contributed by atoms with Crippen LogP contribution in [0.2, 0.25) is 0 Å². The molecule has 2 aromatic rings. The van der Waals surface area contributed by atoms with Gasteiger partial charge in [-0.15, -0.1) is 0 Å². The fraction of sp³-hybridized carbons (Fsp3) is 0.182. The maximum absolute atomic E-state index is 8.76. The molecule has 0 aromatic carbocycles. The number of nitriles is 1. The van der Waals surface area contributed by atoms with Crippen LogP contribution in [0.3, 0.4) is 0 Å². The number of hydrogen-bond donors (Lipinski definition) is 2. The number of H-pyrrole nitrogens is 1. The van der Waals surface area contributed by atoms with Gasteiger partial charge in [-0.2, -0.15) is 5.26 Å². The normalized spacial score (nSPS) is 9.75. The number of nitrogens with one attached hydrogen (secondary N) is 2. The van der Waals surface area contributed by atoms with E-state index in [1.165, 1.54) is 0 Å². The van der Waals surface area contributed by atoms with Gasteiger partial charge < -0.3 is 10.3 Å². The van der Waals surface area contributed by atoms with E-state index in [-0.39, 0.29) is 0 Å². The zero-order valence-corrected chi connectivity index (χ0v) is 8.86. The van der Waals surface area contributed by atoms with Crippen molar-refractivity contribution in [3.05, 3.63) is 41.6 Å². The van der Waals surface area contributed by atoms with Crippen molar-refractivity contribution < 1.29 is 0 Å². The van der Waals surface area contributed by atoms with Crippen LogP contribution in [0.4, 0.5) is 5.82 Å².